The molecule has 17 heteroatoms. The predicted octanol–water partition coefficient (Wildman–Crippen LogP) is 2.44. The number of rotatable bonds is 43. The molecule has 0 bridgehead atoms. The molecule has 0 aromatic carbocycles. The smallest absolute Gasteiger partial charge is 0.305 e. The Morgan fingerprint density at radius 3 is 1.06 bits per heavy atom. The molecule has 51 heavy (non-hydrogen) atoms. The molecule has 304 valence electrons. The van der Waals surface area contributed by atoms with Crippen LogP contribution in [0, 0.1) is 0 Å². The van der Waals surface area contributed by atoms with Gasteiger partial charge in [0.2, 0.25) is 0 Å². The van der Waals surface area contributed by atoms with Crippen molar-refractivity contribution in [2.45, 2.75) is 37.4 Å². The maximum absolute atomic E-state index is 11.8. The zero-order valence-electron chi connectivity index (χ0n) is 30.7. The van der Waals surface area contributed by atoms with E-state index in [9.17, 15) is 4.79 Å². The lowest BCUT2D eigenvalue weighted by atomic mass is 10.1. The molecule has 0 spiro atoms. The van der Waals surface area contributed by atoms with Crippen molar-refractivity contribution < 1.29 is 71.5 Å². The van der Waals surface area contributed by atoms with E-state index in [4.69, 9.17) is 66.7 Å². The zero-order chi connectivity index (χ0) is 36.4. The molecular formula is C34H66O15S2. The minimum atomic E-state index is -0.143. The highest BCUT2D eigenvalue weighted by Crippen LogP contribution is 2.39. The summed E-state index contributed by atoms with van der Waals surface area (Å²) in [6.45, 7) is 11.8. The minimum absolute atomic E-state index is 0.0223. The average molecular weight is 779 g/mol. The van der Waals surface area contributed by atoms with Gasteiger partial charge in [-0.1, -0.05) is 28.0 Å². The summed E-state index contributed by atoms with van der Waals surface area (Å²) < 4.78 is 70.3. The van der Waals surface area contributed by atoms with Crippen molar-refractivity contribution in [3.8, 4) is 0 Å². The van der Waals surface area contributed by atoms with Crippen molar-refractivity contribution >= 4 is 27.6 Å². The highest BCUT2D eigenvalue weighted by atomic mass is 33.1. The molecule has 15 nitrogen and oxygen atoms in total. The molecular weight excluding hydrogens is 712 g/mol. The number of unbranched alkanes of at least 4 members (excludes halogenated alkanes) is 1. The number of esters is 1. The largest absolute Gasteiger partial charge is 0.463 e. The van der Waals surface area contributed by atoms with Crippen LogP contribution in [0.4, 0.5) is 0 Å². The van der Waals surface area contributed by atoms with Crippen LogP contribution < -0.4 is 0 Å². The number of aliphatic hydroxyl groups excluding tert-OH is 1. The molecule has 1 N–H and O–H groups in total. The van der Waals surface area contributed by atoms with Crippen molar-refractivity contribution in [1.82, 2.24) is 0 Å². The highest BCUT2D eigenvalue weighted by molar-refractivity contribution is 8.77. The van der Waals surface area contributed by atoms with Gasteiger partial charge in [0.05, 0.1) is 165 Å². The van der Waals surface area contributed by atoms with Crippen molar-refractivity contribution in [2.75, 3.05) is 178 Å². The van der Waals surface area contributed by atoms with Gasteiger partial charge < -0.3 is 66.7 Å². The summed E-state index contributed by atoms with van der Waals surface area (Å²) >= 11 is 0. The van der Waals surface area contributed by atoms with Crippen LogP contribution in [0.15, 0.2) is 0 Å². The number of carbonyl (C=O) groups is 1. The second-order valence-electron chi connectivity index (χ2n) is 10.9. The van der Waals surface area contributed by atoms with Crippen LogP contribution in [-0.2, 0) is 66.4 Å². The van der Waals surface area contributed by atoms with Gasteiger partial charge in [0, 0.05) is 17.4 Å². The van der Waals surface area contributed by atoms with Crippen LogP contribution in [0.1, 0.15) is 32.1 Å². The molecule has 0 saturated carbocycles. The van der Waals surface area contributed by atoms with Gasteiger partial charge in [0.1, 0.15) is 6.61 Å². The number of hydrogen-bond acceptors (Lipinski definition) is 17. The number of carbonyl (C=O) groups excluding carboxylic acids is 1. The van der Waals surface area contributed by atoms with E-state index in [0.717, 1.165) is 18.1 Å². The third-order valence-electron chi connectivity index (χ3n) is 6.70. The lowest BCUT2D eigenvalue weighted by Gasteiger charge is -2.09. The van der Waals surface area contributed by atoms with Gasteiger partial charge in [-0.05, 0) is 19.3 Å². The Morgan fingerprint density at radius 1 is 0.451 bits per heavy atom. The van der Waals surface area contributed by atoms with Crippen molar-refractivity contribution in [2.24, 2.45) is 0 Å². The average Bonchev–Trinajstić information content (AvgIpc) is 3.67. The zero-order valence-corrected chi connectivity index (χ0v) is 32.3. The fourth-order valence-corrected chi connectivity index (χ4v) is 7.11. The molecule has 1 atom stereocenters. The molecule has 0 aromatic rings. The van der Waals surface area contributed by atoms with Gasteiger partial charge in [-0.2, -0.15) is 0 Å². The monoisotopic (exact) mass is 778 g/mol. The lowest BCUT2D eigenvalue weighted by molar-refractivity contribution is -0.145. The molecule has 0 amide bonds. The second-order valence-corrected chi connectivity index (χ2v) is 13.7. The second kappa shape index (κ2) is 42.4. The molecule has 1 rings (SSSR count). The summed E-state index contributed by atoms with van der Waals surface area (Å²) in [5, 5.41) is 9.35. The van der Waals surface area contributed by atoms with Crippen LogP contribution in [0.25, 0.3) is 0 Å². The topological polar surface area (TPSA) is 157 Å². The Labute approximate surface area is 313 Å². The van der Waals surface area contributed by atoms with Gasteiger partial charge >= 0.3 is 5.97 Å². The summed E-state index contributed by atoms with van der Waals surface area (Å²) in [5.41, 5.74) is 0. The molecule has 0 aromatic heterocycles. The maximum Gasteiger partial charge on any atom is 0.305 e. The molecule has 1 saturated heterocycles. The summed E-state index contributed by atoms with van der Waals surface area (Å²) in [4.78, 5) is 11.8. The molecule has 1 unspecified atom stereocenters. The van der Waals surface area contributed by atoms with Crippen LogP contribution in [0.5, 0.6) is 0 Å². The number of ether oxygens (including phenoxy) is 13. The van der Waals surface area contributed by atoms with Gasteiger partial charge in [-0.15, -0.1) is 0 Å². The van der Waals surface area contributed by atoms with E-state index in [1.165, 1.54) is 18.6 Å². The Morgan fingerprint density at radius 2 is 0.765 bits per heavy atom. The van der Waals surface area contributed by atoms with Gasteiger partial charge in [-0.25, -0.2) is 0 Å². The minimum Gasteiger partial charge on any atom is -0.463 e. The lowest BCUT2D eigenvalue weighted by Crippen LogP contribution is -2.16. The third kappa shape index (κ3) is 39.2. The normalized spacial score (nSPS) is 14.5. The first-order chi connectivity index (χ1) is 25.3. The summed E-state index contributed by atoms with van der Waals surface area (Å²) in [7, 11) is 3.94. The van der Waals surface area contributed by atoms with Crippen molar-refractivity contribution in [3.63, 3.8) is 0 Å². The van der Waals surface area contributed by atoms with E-state index in [1.807, 2.05) is 21.6 Å². The Bertz CT molecular complexity index is 696. The van der Waals surface area contributed by atoms with E-state index in [0.29, 0.717) is 165 Å². The third-order valence-corrected chi connectivity index (χ3v) is 9.71. The fraction of sp³-hybridized carbons (Fsp3) is 0.971. The molecule has 1 aliphatic heterocycles. The maximum atomic E-state index is 11.8. The molecule has 1 heterocycles. The summed E-state index contributed by atoms with van der Waals surface area (Å²) in [6, 6.07) is 0. The van der Waals surface area contributed by atoms with E-state index >= 15 is 0 Å². The first-order valence-corrected chi connectivity index (χ1v) is 20.7. The SMILES string of the molecule is O=C(CCCCC1CCSS1)OCCOCCOCCOCCOCCOCCOCCOCCOCCOCCOCCOCCOCCO. The molecule has 1 fully saturated rings. The molecule has 0 radical (unpaired) electrons. The Kier molecular flexibility index (Phi) is 40.5. The fourth-order valence-electron chi connectivity index (χ4n) is 4.08. The van der Waals surface area contributed by atoms with Gasteiger partial charge in [0.25, 0.3) is 0 Å². The summed E-state index contributed by atoms with van der Waals surface area (Å²) in [5.74, 6) is 1.11. The van der Waals surface area contributed by atoms with Crippen LogP contribution in [-0.4, -0.2) is 194 Å². The Balaban J connectivity index is 1.61. The van der Waals surface area contributed by atoms with Crippen LogP contribution >= 0.6 is 21.6 Å². The van der Waals surface area contributed by atoms with Crippen molar-refractivity contribution in [3.05, 3.63) is 0 Å². The Hall–Kier alpha value is -0.350. The van der Waals surface area contributed by atoms with E-state index in [-0.39, 0.29) is 19.2 Å². The van der Waals surface area contributed by atoms with E-state index in [1.54, 1.807) is 0 Å². The van der Waals surface area contributed by atoms with Gasteiger partial charge in [0.15, 0.2) is 0 Å². The summed E-state index contributed by atoms with van der Waals surface area (Å²) in [6.07, 6.45) is 4.95. The van der Waals surface area contributed by atoms with Crippen molar-refractivity contribution in [1.29, 1.82) is 0 Å². The van der Waals surface area contributed by atoms with E-state index in [2.05, 4.69) is 0 Å². The standard InChI is InChI=1S/C34H66O15S2/c35-6-7-37-8-9-38-10-11-39-12-13-40-14-15-41-16-17-42-18-19-43-20-21-44-22-23-45-24-25-46-26-27-47-28-29-48-30-31-49-34(36)4-2-1-3-33-5-32-50-51-33/h33,35H,1-32H2. The molecule has 1 aliphatic rings. The van der Waals surface area contributed by atoms with Crippen LogP contribution in [0.2, 0.25) is 0 Å². The highest BCUT2D eigenvalue weighted by Gasteiger charge is 2.16. The molecule has 0 aliphatic carbocycles. The number of aliphatic hydroxyl groups is 1. The first-order valence-electron chi connectivity index (χ1n) is 18.3. The predicted molar refractivity (Wildman–Crippen MR) is 195 cm³/mol. The van der Waals surface area contributed by atoms with Gasteiger partial charge in [-0.3, -0.25) is 4.79 Å². The quantitative estimate of drug-likeness (QED) is 0.0547. The van der Waals surface area contributed by atoms with Crippen LogP contribution in [0.3, 0.4) is 0 Å². The number of hydrogen-bond donors (Lipinski definition) is 1. The van der Waals surface area contributed by atoms with E-state index < -0.39 is 0 Å². The first kappa shape index (κ1) is 48.7.